The molecule has 0 aliphatic heterocycles. The second-order valence-electron chi connectivity index (χ2n) is 4.84. The largest absolute Gasteiger partial charge is 0.312 e. The molecule has 1 rings (SSSR count). The molecular formula is C14H27N3S. The Morgan fingerprint density at radius 1 is 1.11 bits per heavy atom. The number of nitrogens with one attached hydrogen (secondary N) is 1. The third-order valence-electron chi connectivity index (χ3n) is 3.43. The Bertz CT molecular complexity index is 312. The van der Waals surface area contributed by atoms with Gasteiger partial charge in [-0.2, -0.15) is 0 Å². The standard InChI is InChI=1S/C14H27N3S/c1-4-6-7-8-9-10-11-13(15-3)14-12(5-2)16-17-18-14/h13,15H,4-11H2,1-3H3. The van der Waals surface area contributed by atoms with E-state index in [9.17, 15) is 0 Å². The molecule has 1 unspecified atom stereocenters. The monoisotopic (exact) mass is 269 g/mol. The van der Waals surface area contributed by atoms with Crippen LogP contribution in [0.1, 0.15) is 75.4 Å². The first-order valence-electron chi connectivity index (χ1n) is 7.31. The van der Waals surface area contributed by atoms with Gasteiger partial charge < -0.3 is 5.32 Å². The highest BCUT2D eigenvalue weighted by Crippen LogP contribution is 2.25. The summed E-state index contributed by atoms with van der Waals surface area (Å²) in [6.07, 6.45) is 10.3. The molecule has 1 aromatic heterocycles. The minimum atomic E-state index is 0.450. The Hall–Kier alpha value is -0.480. The molecule has 1 heterocycles. The van der Waals surface area contributed by atoms with Crippen LogP contribution in [0, 0.1) is 0 Å². The summed E-state index contributed by atoms with van der Waals surface area (Å²) in [6, 6.07) is 0.450. The molecule has 3 nitrogen and oxygen atoms in total. The van der Waals surface area contributed by atoms with Crippen LogP contribution in [0.3, 0.4) is 0 Å². The molecule has 0 aliphatic rings. The summed E-state index contributed by atoms with van der Waals surface area (Å²) >= 11 is 1.56. The molecule has 0 aromatic carbocycles. The Morgan fingerprint density at radius 2 is 1.83 bits per heavy atom. The highest BCUT2D eigenvalue weighted by molar-refractivity contribution is 7.05. The van der Waals surface area contributed by atoms with Crippen molar-refractivity contribution in [2.45, 2.75) is 71.3 Å². The second-order valence-corrected chi connectivity index (χ2v) is 5.62. The van der Waals surface area contributed by atoms with E-state index in [1.54, 1.807) is 11.5 Å². The number of aromatic nitrogens is 2. The van der Waals surface area contributed by atoms with Gasteiger partial charge in [-0.25, -0.2) is 0 Å². The van der Waals surface area contributed by atoms with E-state index < -0.39 is 0 Å². The summed E-state index contributed by atoms with van der Waals surface area (Å²) in [5, 5.41) is 7.61. The third kappa shape index (κ3) is 5.02. The van der Waals surface area contributed by atoms with Crippen molar-refractivity contribution in [3.8, 4) is 0 Å². The second kappa shape index (κ2) is 9.45. The van der Waals surface area contributed by atoms with E-state index >= 15 is 0 Å². The molecule has 18 heavy (non-hydrogen) atoms. The van der Waals surface area contributed by atoms with Crippen LogP contribution in [0.2, 0.25) is 0 Å². The maximum atomic E-state index is 4.20. The van der Waals surface area contributed by atoms with Crippen molar-refractivity contribution in [3.63, 3.8) is 0 Å². The third-order valence-corrected chi connectivity index (χ3v) is 4.31. The molecule has 0 amide bonds. The van der Waals surface area contributed by atoms with Crippen molar-refractivity contribution in [1.82, 2.24) is 14.9 Å². The van der Waals surface area contributed by atoms with Crippen molar-refractivity contribution in [3.05, 3.63) is 10.6 Å². The Kier molecular flexibility index (Phi) is 8.18. The lowest BCUT2D eigenvalue weighted by molar-refractivity contribution is 0.500. The van der Waals surface area contributed by atoms with Gasteiger partial charge >= 0.3 is 0 Å². The van der Waals surface area contributed by atoms with Crippen LogP contribution in [0.4, 0.5) is 0 Å². The predicted molar refractivity (Wildman–Crippen MR) is 79.1 cm³/mol. The van der Waals surface area contributed by atoms with Gasteiger partial charge in [-0.1, -0.05) is 56.9 Å². The maximum Gasteiger partial charge on any atom is 0.0800 e. The van der Waals surface area contributed by atoms with Crippen LogP contribution < -0.4 is 5.32 Å². The zero-order valence-electron chi connectivity index (χ0n) is 12.0. The Balaban J connectivity index is 2.29. The number of hydrogen-bond donors (Lipinski definition) is 1. The zero-order valence-corrected chi connectivity index (χ0v) is 12.9. The quantitative estimate of drug-likeness (QED) is 0.649. The minimum absolute atomic E-state index is 0.450. The number of unbranched alkanes of at least 4 members (excludes halogenated alkanes) is 5. The fraction of sp³-hybridized carbons (Fsp3) is 0.857. The average Bonchev–Trinajstić information content (AvgIpc) is 2.86. The average molecular weight is 269 g/mol. The van der Waals surface area contributed by atoms with Crippen molar-refractivity contribution >= 4 is 11.5 Å². The molecular weight excluding hydrogens is 242 g/mol. The van der Waals surface area contributed by atoms with Crippen LogP contribution in [0.25, 0.3) is 0 Å². The zero-order chi connectivity index (χ0) is 13.2. The highest BCUT2D eigenvalue weighted by atomic mass is 32.1. The van der Waals surface area contributed by atoms with Gasteiger partial charge in [0.15, 0.2) is 0 Å². The van der Waals surface area contributed by atoms with Crippen LogP contribution in [0.5, 0.6) is 0 Å². The smallest absolute Gasteiger partial charge is 0.0800 e. The van der Waals surface area contributed by atoms with Gasteiger partial charge in [-0.3, -0.25) is 0 Å². The van der Waals surface area contributed by atoms with Gasteiger partial charge in [0, 0.05) is 6.04 Å². The van der Waals surface area contributed by atoms with Crippen LogP contribution in [-0.2, 0) is 6.42 Å². The van der Waals surface area contributed by atoms with Gasteiger partial charge in [0.2, 0.25) is 0 Å². The lowest BCUT2D eigenvalue weighted by atomic mass is 10.0. The van der Waals surface area contributed by atoms with E-state index in [1.165, 1.54) is 55.5 Å². The summed E-state index contributed by atoms with van der Waals surface area (Å²) in [4.78, 5) is 1.34. The molecule has 0 spiro atoms. The summed E-state index contributed by atoms with van der Waals surface area (Å²) in [7, 11) is 2.04. The van der Waals surface area contributed by atoms with E-state index in [0.717, 1.165) is 6.42 Å². The molecule has 0 aliphatic carbocycles. The molecule has 104 valence electrons. The predicted octanol–water partition coefficient (Wildman–Crippen LogP) is 4.11. The molecule has 0 saturated heterocycles. The first-order chi connectivity index (χ1) is 8.83. The van der Waals surface area contributed by atoms with E-state index in [1.807, 2.05) is 7.05 Å². The first-order valence-corrected chi connectivity index (χ1v) is 8.09. The lowest BCUT2D eigenvalue weighted by Crippen LogP contribution is -2.16. The minimum Gasteiger partial charge on any atom is -0.312 e. The number of aryl methyl sites for hydroxylation is 1. The van der Waals surface area contributed by atoms with Crippen molar-refractivity contribution < 1.29 is 0 Å². The van der Waals surface area contributed by atoms with E-state index in [0.29, 0.717) is 6.04 Å². The van der Waals surface area contributed by atoms with Crippen LogP contribution in [-0.4, -0.2) is 16.6 Å². The molecule has 0 bridgehead atoms. The van der Waals surface area contributed by atoms with E-state index in [4.69, 9.17) is 0 Å². The fourth-order valence-electron chi connectivity index (χ4n) is 2.26. The normalized spacial score (nSPS) is 12.8. The topological polar surface area (TPSA) is 37.8 Å². The molecule has 1 aromatic rings. The SMILES string of the molecule is CCCCCCCCC(NC)c1snnc1CC. The number of nitrogens with zero attached hydrogens (tertiary/aromatic N) is 2. The molecule has 0 radical (unpaired) electrons. The number of rotatable bonds is 10. The van der Waals surface area contributed by atoms with Crippen LogP contribution >= 0.6 is 11.5 Å². The summed E-state index contributed by atoms with van der Waals surface area (Å²) in [5.41, 5.74) is 1.17. The first kappa shape index (κ1) is 15.6. The summed E-state index contributed by atoms with van der Waals surface area (Å²) < 4.78 is 4.08. The highest BCUT2D eigenvalue weighted by Gasteiger charge is 2.16. The van der Waals surface area contributed by atoms with Crippen molar-refractivity contribution in [1.29, 1.82) is 0 Å². The van der Waals surface area contributed by atoms with Gasteiger partial charge in [0.25, 0.3) is 0 Å². The lowest BCUT2D eigenvalue weighted by Gasteiger charge is -2.14. The van der Waals surface area contributed by atoms with Crippen molar-refractivity contribution in [2.24, 2.45) is 0 Å². The maximum absolute atomic E-state index is 4.20. The van der Waals surface area contributed by atoms with Gasteiger partial charge in [-0.15, -0.1) is 5.10 Å². The molecule has 4 heteroatoms. The molecule has 1 N–H and O–H groups in total. The van der Waals surface area contributed by atoms with Gasteiger partial charge in [0.05, 0.1) is 10.6 Å². The molecule has 0 saturated carbocycles. The summed E-state index contributed by atoms with van der Waals surface area (Å²) in [6.45, 7) is 4.41. The Labute approximate surface area is 116 Å². The van der Waals surface area contributed by atoms with Crippen LogP contribution in [0.15, 0.2) is 0 Å². The van der Waals surface area contributed by atoms with Gasteiger partial charge in [0.1, 0.15) is 0 Å². The number of hydrogen-bond acceptors (Lipinski definition) is 4. The fourth-order valence-corrected chi connectivity index (χ4v) is 3.14. The Morgan fingerprint density at radius 3 is 2.50 bits per heavy atom. The summed E-state index contributed by atoms with van der Waals surface area (Å²) in [5.74, 6) is 0. The van der Waals surface area contributed by atoms with E-state index in [-0.39, 0.29) is 0 Å². The van der Waals surface area contributed by atoms with E-state index in [2.05, 4.69) is 28.8 Å². The molecule has 0 fully saturated rings. The van der Waals surface area contributed by atoms with Crippen molar-refractivity contribution in [2.75, 3.05) is 7.05 Å². The van der Waals surface area contributed by atoms with Gasteiger partial charge in [-0.05, 0) is 31.4 Å². The molecule has 1 atom stereocenters.